The van der Waals surface area contributed by atoms with Gasteiger partial charge >= 0.3 is 6.61 Å². The van der Waals surface area contributed by atoms with Crippen molar-refractivity contribution in [3.63, 3.8) is 0 Å². The highest BCUT2D eigenvalue weighted by atomic mass is 19.3. The number of nitrogens with one attached hydrogen (secondary N) is 1. The molecule has 1 N–H and O–H groups in total. The number of hydrogen-bond donors (Lipinski definition) is 1. The van der Waals surface area contributed by atoms with Crippen LogP contribution in [0.5, 0.6) is 11.5 Å². The van der Waals surface area contributed by atoms with Gasteiger partial charge in [-0.1, -0.05) is 48.5 Å². The maximum Gasteiger partial charge on any atom is 0.387 e. The van der Waals surface area contributed by atoms with Gasteiger partial charge in [0, 0.05) is 12.6 Å². The summed E-state index contributed by atoms with van der Waals surface area (Å²) in [6, 6.07) is 19.6. The van der Waals surface area contributed by atoms with Crippen molar-refractivity contribution in [3.05, 3.63) is 71.8 Å². The fraction of sp³-hybridized carbons (Fsp3) is 0.238. The van der Waals surface area contributed by atoms with Crippen LogP contribution in [0.4, 0.5) is 8.78 Å². The smallest absolute Gasteiger partial charge is 0.387 e. The van der Waals surface area contributed by atoms with E-state index in [0.29, 0.717) is 12.3 Å². The molecule has 0 aliphatic rings. The third-order valence-corrected chi connectivity index (χ3v) is 4.35. The van der Waals surface area contributed by atoms with Crippen molar-refractivity contribution >= 4 is 10.8 Å². The van der Waals surface area contributed by atoms with E-state index in [-0.39, 0.29) is 11.8 Å². The Morgan fingerprint density at radius 3 is 2.50 bits per heavy atom. The van der Waals surface area contributed by atoms with E-state index >= 15 is 0 Å². The number of benzene rings is 3. The van der Waals surface area contributed by atoms with Gasteiger partial charge in [0.05, 0.1) is 7.11 Å². The highest BCUT2D eigenvalue weighted by molar-refractivity contribution is 5.86. The van der Waals surface area contributed by atoms with Gasteiger partial charge in [0.1, 0.15) is 0 Å². The number of rotatable bonds is 7. The molecule has 3 rings (SSSR count). The number of methoxy groups -OCH3 is 1. The molecular formula is C21H21F2NO2. The van der Waals surface area contributed by atoms with Crippen LogP contribution in [0.2, 0.25) is 0 Å². The Labute approximate surface area is 151 Å². The van der Waals surface area contributed by atoms with E-state index in [1.807, 2.05) is 12.1 Å². The molecule has 0 unspecified atom stereocenters. The molecule has 3 nitrogen and oxygen atoms in total. The first kappa shape index (κ1) is 18.1. The van der Waals surface area contributed by atoms with E-state index in [0.717, 1.165) is 5.56 Å². The number of fused-ring (bicyclic) bond motifs is 1. The molecule has 0 aliphatic carbocycles. The molecule has 0 saturated carbocycles. The summed E-state index contributed by atoms with van der Waals surface area (Å²) in [6.07, 6.45) is 0. The van der Waals surface area contributed by atoms with Crippen LogP contribution in [0, 0.1) is 0 Å². The fourth-order valence-corrected chi connectivity index (χ4v) is 3.02. The Morgan fingerprint density at radius 1 is 0.962 bits per heavy atom. The van der Waals surface area contributed by atoms with Crippen LogP contribution in [-0.4, -0.2) is 13.7 Å². The molecule has 3 aromatic carbocycles. The second-order valence-corrected chi connectivity index (χ2v) is 6.03. The van der Waals surface area contributed by atoms with Gasteiger partial charge in [0.2, 0.25) is 0 Å². The summed E-state index contributed by atoms with van der Waals surface area (Å²) >= 11 is 0. The van der Waals surface area contributed by atoms with Crippen LogP contribution in [0.25, 0.3) is 10.8 Å². The molecule has 0 aromatic heterocycles. The maximum atomic E-state index is 12.4. The largest absolute Gasteiger partial charge is 0.493 e. The predicted molar refractivity (Wildman–Crippen MR) is 98.8 cm³/mol. The van der Waals surface area contributed by atoms with Crippen LogP contribution in [0.3, 0.4) is 0 Å². The molecule has 0 fully saturated rings. The normalized spacial score (nSPS) is 12.3. The van der Waals surface area contributed by atoms with Crippen molar-refractivity contribution in [1.29, 1.82) is 0 Å². The summed E-state index contributed by atoms with van der Waals surface area (Å²) in [5, 5.41) is 5.89. The number of ether oxygens (including phenoxy) is 2. The van der Waals surface area contributed by atoms with E-state index < -0.39 is 6.61 Å². The average molecular weight is 357 g/mol. The third kappa shape index (κ3) is 4.11. The standard InChI is InChI=1S/C21H21F2NO2/c1-14(17-9-5-7-16-6-3-4-8-18(16)17)24-13-15-10-11-19(26-21(22)23)20(12-15)25-2/h3-12,14,21,24H,13H2,1-2H3/t14-/m0/s1. The van der Waals surface area contributed by atoms with E-state index in [4.69, 9.17) is 4.74 Å². The summed E-state index contributed by atoms with van der Waals surface area (Å²) in [5.41, 5.74) is 2.14. The van der Waals surface area contributed by atoms with Crippen LogP contribution in [0.15, 0.2) is 60.7 Å². The lowest BCUT2D eigenvalue weighted by Gasteiger charge is -2.17. The number of alkyl halides is 2. The molecule has 5 heteroatoms. The lowest BCUT2D eigenvalue weighted by molar-refractivity contribution is -0.0512. The summed E-state index contributed by atoms with van der Waals surface area (Å²) < 4.78 is 34.4. The van der Waals surface area contributed by atoms with Gasteiger partial charge in [0.15, 0.2) is 11.5 Å². The van der Waals surface area contributed by atoms with Gasteiger partial charge < -0.3 is 14.8 Å². The zero-order valence-electron chi connectivity index (χ0n) is 14.7. The number of hydrogen-bond acceptors (Lipinski definition) is 3. The lowest BCUT2D eigenvalue weighted by Crippen LogP contribution is -2.18. The highest BCUT2D eigenvalue weighted by Crippen LogP contribution is 2.30. The molecule has 0 radical (unpaired) electrons. The molecule has 0 heterocycles. The van der Waals surface area contributed by atoms with Crippen LogP contribution in [-0.2, 0) is 6.54 Å². The van der Waals surface area contributed by atoms with Crippen LogP contribution >= 0.6 is 0 Å². The van der Waals surface area contributed by atoms with Gasteiger partial charge in [-0.25, -0.2) is 0 Å². The predicted octanol–water partition coefficient (Wildman–Crippen LogP) is 5.30. The summed E-state index contributed by atoms with van der Waals surface area (Å²) in [6.45, 7) is -0.192. The van der Waals surface area contributed by atoms with Crippen molar-refractivity contribution in [1.82, 2.24) is 5.32 Å². The Hall–Kier alpha value is -2.66. The molecule has 3 aromatic rings. The minimum absolute atomic E-state index is 0.0355. The Balaban J connectivity index is 1.74. The van der Waals surface area contributed by atoms with Crippen molar-refractivity contribution in [3.8, 4) is 11.5 Å². The second kappa shape index (κ2) is 8.15. The first-order valence-corrected chi connectivity index (χ1v) is 8.41. The fourth-order valence-electron chi connectivity index (χ4n) is 3.02. The topological polar surface area (TPSA) is 30.5 Å². The van der Waals surface area contributed by atoms with Gasteiger partial charge in [-0.2, -0.15) is 8.78 Å². The third-order valence-electron chi connectivity index (χ3n) is 4.35. The molecule has 1 atom stereocenters. The Kier molecular flexibility index (Phi) is 5.68. The van der Waals surface area contributed by atoms with Crippen molar-refractivity contribution in [2.45, 2.75) is 26.1 Å². The monoisotopic (exact) mass is 357 g/mol. The molecule has 136 valence electrons. The van der Waals surface area contributed by atoms with Crippen LogP contribution < -0.4 is 14.8 Å². The van der Waals surface area contributed by atoms with E-state index in [9.17, 15) is 8.78 Å². The first-order chi connectivity index (χ1) is 12.6. The van der Waals surface area contributed by atoms with Crippen molar-refractivity contribution in [2.75, 3.05) is 7.11 Å². The minimum atomic E-state index is -2.88. The molecule has 0 aliphatic heterocycles. The van der Waals surface area contributed by atoms with E-state index in [1.165, 1.54) is 29.5 Å². The summed E-state index contributed by atoms with van der Waals surface area (Å²) in [5.74, 6) is 0.329. The first-order valence-electron chi connectivity index (χ1n) is 8.41. The molecule has 0 spiro atoms. The van der Waals surface area contributed by atoms with Crippen molar-refractivity contribution in [2.24, 2.45) is 0 Å². The van der Waals surface area contributed by atoms with Gasteiger partial charge in [-0.05, 0) is 41.0 Å². The Bertz CT molecular complexity index is 878. The van der Waals surface area contributed by atoms with Crippen LogP contribution in [0.1, 0.15) is 24.1 Å². The van der Waals surface area contributed by atoms with Crippen molar-refractivity contribution < 1.29 is 18.3 Å². The summed E-state index contributed by atoms with van der Waals surface area (Å²) in [7, 11) is 1.43. The van der Waals surface area contributed by atoms with Gasteiger partial charge in [-0.15, -0.1) is 0 Å². The zero-order chi connectivity index (χ0) is 18.5. The SMILES string of the molecule is COc1cc(CN[C@@H](C)c2cccc3ccccc23)ccc1OC(F)F. The maximum absolute atomic E-state index is 12.4. The molecule has 26 heavy (non-hydrogen) atoms. The van der Waals surface area contributed by atoms with E-state index in [1.54, 1.807) is 12.1 Å². The molecule has 0 amide bonds. The molecule has 0 saturated heterocycles. The average Bonchev–Trinajstić information content (AvgIpc) is 2.66. The number of halogens is 2. The molecule has 0 bridgehead atoms. The van der Waals surface area contributed by atoms with Gasteiger partial charge in [0.25, 0.3) is 0 Å². The second-order valence-electron chi connectivity index (χ2n) is 6.03. The highest BCUT2D eigenvalue weighted by Gasteiger charge is 2.12. The lowest BCUT2D eigenvalue weighted by atomic mass is 9.99. The zero-order valence-corrected chi connectivity index (χ0v) is 14.7. The quantitative estimate of drug-likeness (QED) is 0.622. The Morgan fingerprint density at radius 2 is 1.73 bits per heavy atom. The minimum Gasteiger partial charge on any atom is -0.493 e. The summed E-state index contributed by atoms with van der Waals surface area (Å²) in [4.78, 5) is 0. The van der Waals surface area contributed by atoms with Gasteiger partial charge in [-0.3, -0.25) is 0 Å². The molecular weight excluding hydrogens is 336 g/mol. The van der Waals surface area contributed by atoms with E-state index in [2.05, 4.69) is 47.3 Å².